The molecule has 3 aromatic heterocycles. The Kier molecular flexibility index (Phi) is 8.24. The molecule has 3 heterocycles. The zero-order valence-corrected chi connectivity index (χ0v) is 18.5. The number of aromatic nitrogens is 3. The third-order valence-corrected chi connectivity index (χ3v) is 4.20. The van der Waals surface area contributed by atoms with Crippen molar-refractivity contribution >= 4 is 35.6 Å². The predicted molar refractivity (Wildman–Crippen MR) is 119 cm³/mol. The van der Waals surface area contributed by atoms with Gasteiger partial charge in [-0.25, -0.2) is 4.99 Å². The van der Waals surface area contributed by atoms with Gasteiger partial charge in [-0.05, 0) is 44.5 Å². The number of aliphatic hydroxyl groups is 1. The van der Waals surface area contributed by atoms with Crippen LogP contribution in [0, 0.1) is 0 Å². The van der Waals surface area contributed by atoms with Gasteiger partial charge in [-0.15, -0.1) is 34.2 Å². The lowest BCUT2D eigenvalue weighted by Crippen LogP contribution is -2.39. The summed E-state index contributed by atoms with van der Waals surface area (Å²) in [6, 6.07) is 9.37. The molecule has 0 bridgehead atoms. The van der Waals surface area contributed by atoms with Crippen LogP contribution in [0.1, 0.15) is 31.9 Å². The highest BCUT2D eigenvalue weighted by molar-refractivity contribution is 14.0. The van der Waals surface area contributed by atoms with E-state index in [2.05, 4.69) is 25.8 Å². The summed E-state index contributed by atoms with van der Waals surface area (Å²) in [7, 11) is 0. The van der Waals surface area contributed by atoms with E-state index in [9.17, 15) is 5.11 Å². The minimum atomic E-state index is -1.15. The molecule has 0 aliphatic heterocycles. The SMILES string of the molecule is CCNC(=NCC(C)(O)c1ccco1)NCCCc1nnc2ccccn12.I. The van der Waals surface area contributed by atoms with E-state index >= 15 is 0 Å². The zero-order chi connectivity index (χ0) is 19.1. The van der Waals surface area contributed by atoms with E-state index in [1.54, 1.807) is 25.3 Å². The van der Waals surface area contributed by atoms with E-state index < -0.39 is 5.60 Å². The topological polar surface area (TPSA) is 100.0 Å². The number of aryl methyl sites for hydroxylation is 1. The third kappa shape index (κ3) is 5.68. The van der Waals surface area contributed by atoms with Crippen molar-refractivity contribution in [1.29, 1.82) is 0 Å². The number of hydrogen-bond acceptors (Lipinski definition) is 5. The summed E-state index contributed by atoms with van der Waals surface area (Å²) in [4.78, 5) is 4.48. The zero-order valence-electron chi connectivity index (χ0n) is 16.1. The molecule has 3 aromatic rings. The highest BCUT2D eigenvalue weighted by Gasteiger charge is 2.26. The second-order valence-electron chi connectivity index (χ2n) is 6.52. The number of rotatable bonds is 8. The maximum atomic E-state index is 10.5. The fourth-order valence-electron chi connectivity index (χ4n) is 2.75. The van der Waals surface area contributed by atoms with E-state index in [-0.39, 0.29) is 30.5 Å². The fraction of sp³-hybridized carbons (Fsp3) is 0.421. The molecule has 28 heavy (non-hydrogen) atoms. The van der Waals surface area contributed by atoms with Crippen LogP contribution in [0.25, 0.3) is 5.65 Å². The molecule has 0 saturated carbocycles. The molecule has 0 spiro atoms. The molecule has 9 heteroatoms. The Bertz CT molecular complexity index is 876. The van der Waals surface area contributed by atoms with Crippen molar-refractivity contribution in [2.45, 2.75) is 32.3 Å². The monoisotopic (exact) mass is 498 g/mol. The summed E-state index contributed by atoms with van der Waals surface area (Å²) in [5.41, 5.74) is -0.290. The van der Waals surface area contributed by atoms with E-state index in [0.29, 0.717) is 11.7 Å². The highest BCUT2D eigenvalue weighted by Crippen LogP contribution is 2.20. The summed E-state index contributed by atoms with van der Waals surface area (Å²) in [6.07, 6.45) is 5.21. The van der Waals surface area contributed by atoms with Gasteiger partial charge in [-0.3, -0.25) is 4.40 Å². The van der Waals surface area contributed by atoms with E-state index in [1.165, 1.54) is 0 Å². The number of hydrogen-bond donors (Lipinski definition) is 3. The Balaban J connectivity index is 0.00000280. The van der Waals surface area contributed by atoms with Crippen molar-refractivity contribution in [3.8, 4) is 0 Å². The summed E-state index contributed by atoms with van der Waals surface area (Å²) in [5, 5.41) is 25.4. The highest BCUT2D eigenvalue weighted by atomic mass is 127. The molecule has 0 aliphatic rings. The summed E-state index contributed by atoms with van der Waals surface area (Å²) >= 11 is 0. The van der Waals surface area contributed by atoms with Crippen LogP contribution in [0.4, 0.5) is 0 Å². The van der Waals surface area contributed by atoms with Gasteiger partial charge in [-0.2, -0.15) is 0 Å². The number of halogens is 1. The molecule has 0 radical (unpaired) electrons. The molecular formula is C19H27IN6O2. The minimum Gasteiger partial charge on any atom is -0.466 e. The maximum absolute atomic E-state index is 10.5. The van der Waals surface area contributed by atoms with Gasteiger partial charge in [-0.1, -0.05) is 6.07 Å². The first-order chi connectivity index (χ1) is 13.1. The average Bonchev–Trinajstić information content (AvgIpc) is 3.34. The van der Waals surface area contributed by atoms with Crippen LogP contribution in [0.15, 0.2) is 52.2 Å². The number of nitrogens with zero attached hydrogens (tertiary/aromatic N) is 4. The molecule has 0 fully saturated rings. The number of guanidine groups is 1. The predicted octanol–water partition coefficient (Wildman–Crippen LogP) is 2.34. The van der Waals surface area contributed by atoms with Crippen LogP contribution >= 0.6 is 24.0 Å². The molecule has 0 aromatic carbocycles. The molecule has 8 nitrogen and oxygen atoms in total. The summed E-state index contributed by atoms with van der Waals surface area (Å²) in [6.45, 7) is 5.37. The molecule has 3 rings (SSSR count). The number of pyridine rings is 1. The largest absolute Gasteiger partial charge is 0.466 e. The molecule has 152 valence electrons. The molecule has 1 atom stereocenters. The first kappa shape index (κ1) is 22.2. The van der Waals surface area contributed by atoms with Gasteiger partial charge in [0.15, 0.2) is 11.6 Å². The summed E-state index contributed by atoms with van der Waals surface area (Å²) < 4.78 is 7.29. The van der Waals surface area contributed by atoms with Crippen LogP contribution in [0.2, 0.25) is 0 Å². The lowest BCUT2D eigenvalue weighted by atomic mass is 10.0. The van der Waals surface area contributed by atoms with Gasteiger partial charge >= 0.3 is 0 Å². The van der Waals surface area contributed by atoms with Gasteiger partial charge in [0.05, 0.1) is 12.8 Å². The Hall–Kier alpha value is -2.14. The van der Waals surface area contributed by atoms with Crippen molar-refractivity contribution in [2.24, 2.45) is 4.99 Å². The average molecular weight is 498 g/mol. The second-order valence-corrected chi connectivity index (χ2v) is 6.52. The van der Waals surface area contributed by atoms with Crippen LogP contribution in [-0.2, 0) is 12.0 Å². The number of furan rings is 1. The van der Waals surface area contributed by atoms with E-state index in [4.69, 9.17) is 4.42 Å². The quantitative estimate of drug-likeness (QED) is 0.191. The number of fused-ring (bicyclic) bond motifs is 1. The number of nitrogens with one attached hydrogen (secondary N) is 2. The molecule has 1 unspecified atom stereocenters. The van der Waals surface area contributed by atoms with Gasteiger partial charge in [0.25, 0.3) is 0 Å². The fourth-order valence-corrected chi connectivity index (χ4v) is 2.75. The van der Waals surface area contributed by atoms with Crippen LogP contribution in [0.3, 0.4) is 0 Å². The first-order valence-corrected chi connectivity index (χ1v) is 9.17. The van der Waals surface area contributed by atoms with Gasteiger partial charge in [0.2, 0.25) is 0 Å². The van der Waals surface area contributed by atoms with Crippen LogP contribution in [-0.4, -0.2) is 45.3 Å². The van der Waals surface area contributed by atoms with Crippen molar-refractivity contribution in [3.05, 3.63) is 54.4 Å². The Morgan fingerprint density at radius 1 is 1.25 bits per heavy atom. The lowest BCUT2D eigenvalue weighted by molar-refractivity contribution is 0.0437. The third-order valence-electron chi connectivity index (χ3n) is 4.20. The summed E-state index contributed by atoms with van der Waals surface area (Å²) in [5.74, 6) is 2.10. The smallest absolute Gasteiger partial charge is 0.191 e. The van der Waals surface area contributed by atoms with Gasteiger partial charge in [0.1, 0.15) is 17.2 Å². The minimum absolute atomic E-state index is 0. The van der Waals surface area contributed by atoms with Crippen molar-refractivity contribution in [3.63, 3.8) is 0 Å². The molecular weight excluding hydrogens is 471 g/mol. The second kappa shape index (κ2) is 10.4. The maximum Gasteiger partial charge on any atom is 0.191 e. The van der Waals surface area contributed by atoms with Crippen molar-refractivity contribution < 1.29 is 9.52 Å². The Morgan fingerprint density at radius 3 is 2.86 bits per heavy atom. The molecule has 3 N–H and O–H groups in total. The van der Waals surface area contributed by atoms with Crippen LogP contribution in [0.5, 0.6) is 0 Å². The van der Waals surface area contributed by atoms with E-state index in [0.717, 1.165) is 37.4 Å². The number of aliphatic imine (C=N–C) groups is 1. The molecule has 0 amide bonds. The molecule has 0 saturated heterocycles. The van der Waals surface area contributed by atoms with Crippen molar-refractivity contribution in [2.75, 3.05) is 19.6 Å². The normalized spacial score (nSPS) is 13.8. The molecule has 0 aliphatic carbocycles. The standard InChI is InChI=1S/C19H26N6O2.HI/c1-3-20-18(22-14-19(2,26)15-8-7-13-27-15)21-11-6-10-17-24-23-16-9-4-5-12-25(16)17;/h4-5,7-9,12-13,26H,3,6,10-11,14H2,1-2H3,(H2,20,21,22);1H. The first-order valence-electron chi connectivity index (χ1n) is 9.17. The Labute approximate surface area is 181 Å². The van der Waals surface area contributed by atoms with Gasteiger partial charge in [0, 0.05) is 25.7 Å². The van der Waals surface area contributed by atoms with Gasteiger partial charge < -0.3 is 20.2 Å². The van der Waals surface area contributed by atoms with Crippen molar-refractivity contribution in [1.82, 2.24) is 25.2 Å². The van der Waals surface area contributed by atoms with Crippen LogP contribution < -0.4 is 10.6 Å². The lowest BCUT2D eigenvalue weighted by Gasteiger charge is -2.19. The Morgan fingerprint density at radius 2 is 2.11 bits per heavy atom. The van der Waals surface area contributed by atoms with E-state index in [1.807, 2.05) is 35.7 Å².